The number of hydrogen-bond acceptors (Lipinski definition) is 5. The van der Waals surface area contributed by atoms with Crippen molar-refractivity contribution in [3.63, 3.8) is 0 Å². The molecule has 0 fully saturated rings. The maximum absolute atomic E-state index is 14.0. The molecule has 3 aromatic carbocycles. The number of anilines is 1. The number of benzene rings is 3. The molecule has 1 N–H and O–H groups in total. The van der Waals surface area contributed by atoms with Crippen molar-refractivity contribution in [3.8, 4) is 5.75 Å². The lowest BCUT2D eigenvalue weighted by Crippen LogP contribution is -2.52. The van der Waals surface area contributed by atoms with E-state index in [2.05, 4.69) is 21.2 Å². The van der Waals surface area contributed by atoms with Crippen molar-refractivity contribution < 1.29 is 27.1 Å². The topological polar surface area (TPSA) is 96.0 Å². The third-order valence-electron chi connectivity index (χ3n) is 6.51. The minimum absolute atomic E-state index is 0.00691. The first-order chi connectivity index (χ1) is 19.5. The first-order valence-electron chi connectivity index (χ1n) is 13.3. The monoisotopic (exact) mass is 647 g/mol. The lowest BCUT2D eigenvalue weighted by atomic mass is 10.1. The Hall–Kier alpha value is -3.44. The molecule has 0 saturated carbocycles. The molecule has 0 aliphatic carbocycles. The van der Waals surface area contributed by atoms with E-state index < -0.39 is 34.3 Å². The lowest BCUT2D eigenvalue weighted by Gasteiger charge is -2.33. The van der Waals surface area contributed by atoms with E-state index >= 15 is 0 Å². The number of nitrogens with one attached hydrogen (secondary N) is 1. The molecule has 2 amide bonds. The predicted molar refractivity (Wildman–Crippen MR) is 161 cm³/mol. The number of nitrogens with zero attached hydrogens (tertiary/aromatic N) is 2. The third kappa shape index (κ3) is 8.07. The van der Waals surface area contributed by atoms with Gasteiger partial charge >= 0.3 is 0 Å². The van der Waals surface area contributed by atoms with E-state index in [1.165, 1.54) is 54.5 Å². The number of carbonyl (C=O) groups is 2. The SMILES string of the molecule is CCCNC(=O)[C@H](CC)N(Cc1ccc(F)cc1)C(=O)CN(c1ccc(C)cc1)S(=O)(=O)c1ccc(OC)c(Br)c1. The predicted octanol–water partition coefficient (Wildman–Crippen LogP) is 5.43. The van der Waals surface area contributed by atoms with E-state index in [4.69, 9.17) is 4.74 Å². The van der Waals surface area contributed by atoms with Crippen LogP contribution in [-0.2, 0) is 26.2 Å². The van der Waals surface area contributed by atoms with Crippen LogP contribution in [0.25, 0.3) is 0 Å². The summed E-state index contributed by atoms with van der Waals surface area (Å²) in [7, 11) is -2.76. The van der Waals surface area contributed by atoms with Gasteiger partial charge in [0, 0.05) is 13.1 Å². The summed E-state index contributed by atoms with van der Waals surface area (Å²) in [6.07, 6.45) is 1.01. The van der Waals surface area contributed by atoms with Crippen LogP contribution < -0.4 is 14.4 Å². The van der Waals surface area contributed by atoms with E-state index in [1.54, 1.807) is 31.2 Å². The summed E-state index contributed by atoms with van der Waals surface area (Å²) >= 11 is 3.34. The van der Waals surface area contributed by atoms with Gasteiger partial charge in [0.2, 0.25) is 11.8 Å². The van der Waals surface area contributed by atoms with Crippen LogP contribution in [0.4, 0.5) is 10.1 Å². The highest BCUT2D eigenvalue weighted by Gasteiger charge is 2.34. The van der Waals surface area contributed by atoms with Gasteiger partial charge < -0.3 is 15.0 Å². The summed E-state index contributed by atoms with van der Waals surface area (Å²) in [6, 6.07) is 15.9. The van der Waals surface area contributed by atoms with Crippen LogP contribution in [0.5, 0.6) is 5.75 Å². The zero-order valence-corrected chi connectivity index (χ0v) is 26.0. The zero-order chi connectivity index (χ0) is 30.2. The largest absolute Gasteiger partial charge is 0.496 e. The van der Waals surface area contributed by atoms with Crippen LogP contribution in [0.1, 0.15) is 37.8 Å². The third-order valence-corrected chi connectivity index (χ3v) is 8.90. The zero-order valence-electron chi connectivity index (χ0n) is 23.6. The molecule has 0 bridgehead atoms. The second-order valence-electron chi connectivity index (χ2n) is 9.51. The first-order valence-corrected chi connectivity index (χ1v) is 15.5. The molecule has 0 spiro atoms. The molecule has 0 aromatic heterocycles. The van der Waals surface area contributed by atoms with Gasteiger partial charge in [-0.2, -0.15) is 0 Å². The highest BCUT2D eigenvalue weighted by molar-refractivity contribution is 9.10. The van der Waals surface area contributed by atoms with Crippen LogP contribution >= 0.6 is 15.9 Å². The molecule has 0 saturated heterocycles. The Morgan fingerprint density at radius 3 is 2.24 bits per heavy atom. The molecule has 0 aliphatic rings. The maximum Gasteiger partial charge on any atom is 0.264 e. The van der Waals surface area contributed by atoms with Gasteiger partial charge in [-0.15, -0.1) is 0 Å². The van der Waals surface area contributed by atoms with Crippen molar-refractivity contribution in [2.24, 2.45) is 0 Å². The summed E-state index contributed by atoms with van der Waals surface area (Å²) in [5, 5.41) is 2.84. The average Bonchev–Trinajstić information content (AvgIpc) is 2.96. The fourth-order valence-corrected chi connectivity index (χ4v) is 6.38. The Morgan fingerprint density at radius 2 is 1.68 bits per heavy atom. The van der Waals surface area contributed by atoms with Crippen molar-refractivity contribution in [1.82, 2.24) is 10.2 Å². The average molecular weight is 649 g/mol. The standard InChI is InChI=1S/C30H35BrFN3O5S/c1-5-17-33-30(37)27(6-2)34(19-22-9-11-23(32)12-10-22)29(36)20-35(24-13-7-21(3)8-14-24)41(38,39)25-15-16-28(40-4)26(31)18-25/h7-16,18,27H,5-6,17,19-20H2,1-4H3,(H,33,37)/t27-/m0/s1. The number of sulfonamides is 1. The summed E-state index contributed by atoms with van der Waals surface area (Å²) in [5.74, 6) is -0.892. The molecule has 0 unspecified atom stereocenters. The highest BCUT2D eigenvalue weighted by atomic mass is 79.9. The molecular weight excluding hydrogens is 613 g/mol. The van der Waals surface area contributed by atoms with Gasteiger partial charge in [0.1, 0.15) is 24.2 Å². The van der Waals surface area contributed by atoms with E-state index in [9.17, 15) is 22.4 Å². The van der Waals surface area contributed by atoms with Gasteiger partial charge in [0.25, 0.3) is 10.0 Å². The molecule has 41 heavy (non-hydrogen) atoms. The Morgan fingerprint density at radius 1 is 1.02 bits per heavy atom. The Bertz CT molecular complexity index is 1450. The van der Waals surface area contributed by atoms with Crippen LogP contribution in [0.2, 0.25) is 0 Å². The van der Waals surface area contributed by atoms with E-state index in [0.717, 1.165) is 9.87 Å². The molecule has 3 aromatic rings. The lowest BCUT2D eigenvalue weighted by molar-refractivity contribution is -0.140. The van der Waals surface area contributed by atoms with Crippen LogP contribution in [0.15, 0.2) is 76.1 Å². The number of aryl methyl sites for hydroxylation is 1. The fourth-order valence-electron chi connectivity index (χ4n) is 4.25. The number of halogens is 2. The molecule has 8 nitrogen and oxygen atoms in total. The van der Waals surface area contributed by atoms with Crippen LogP contribution in [0, 0.1) is 12.7 Å². The Balaban J connectivity index is 2.06. The van der Waals surface area contributed by atoms with Gasteiger partial charge in [0.15, 0.2) is 0 Å². The minimum Gasteiger partial charge on any atom is -0.496 e. The van der Waals surface area contributed by atoms with E-state index in [-0.39, 0.29) is 17.3 Å². The summed E-state index contributed by atoms with van der Waals surface area (Å²) in [5.41, 5.74) is 1.81. The van der Waals surface area contributed by atoms with Crippen molar-refractivity contribution in [2.75, 3.05) is 24.5 Å². The number of hydrogen-bond donors (Lipinski definition) is 1. The van der Waals surface area contributed by atoms with Gasteiger partial charge in [-0.05, 0) is 83.7 Å². The summed E-state index contributed by atoms with van der Waals surface area (Å²) in [4.78, 5) is 28.5. The van der Waals surface area contributed by atoms with Crippen LogP contribution in [0.3, 0.4) is 0 Å². The fraction of sp³-hybridized carbons (Fsp3) is 0.333. The number of ether oxygens (including phenoxy) is 1. The first kappa shape index (κ1) is 32.1. The number of rotatable bonds is 13. The van der Waals surface area contributed by atoms with Crippen LogP contribution in [-0.4, -0.2) is 51.4 Å². The van der Waals surface area contributed by atoms with Gasteiger partial charge in [0.05, 0.1) is 22.2 Å². The maximum atomic E-state index is 14.0. The van der Waals surface area contributed by atoms with Crippen molar-refractivity contribution in [2.45, 2.75) is 51.1 Å². The molecule has 220 valence electrons. The van der Waals surface area contributed by atoms with Gasteiger partial charge in [-0.1, -0.05) is 43.7 Å². The second kappa shape index (κ2) is 14.5. The number of amides is 2. The quantitative estimate of drug-likeness (QED) is 0.267. The smallest absolute Gasteiger partial charge is 0.264 e. The minimum atomic E-state index is -4.24. The molecule has 0 heterocycles. The number of methoxy groups -OCH3 is 1. The molecule has 1 atom stereocenters. The Kier molecular flexibility index (Phi) is 11.3. The van der Waals surface area contributed by atoms with Crippen molar-refractivity contribution >= 4 is 43.5 Å². The molecule has 3 rings (SSSR count). The van der Waals surface area contributed by atoms with Crippen molar-refractivity contribution in [3.05, 3.63) is 88.1 Å². The highest BCUT2D eigenvalue weighted by Crippen LogP contribution is 2.31. The van der Waals surface area contributed by atoms with Gasteiger partial charge in [-0.25, -0.2) is 12.8 Å². The molecule has 11 heteroatoms. The molecule has 0 radical (unpaired) electrons. The number of carbonyl (C=O) groups excluding carboxylic acids is 2. The van der Waals surface area contributed by atoms with E-state index in [0.29, 0.717) is 40.9 Å². The molecular formula is C30H35BrFN3O5S. The van der Waals surface area contributed by atoms with Gasteiger partial charge in [-0.3, -0.25) is 13.9 Å². The summed E-state index contributed by atoms with van der Waals surface area (Å²) in [6.45, 7) is 5.44. The Labute approximate surface area is 249 Å². The van der Waals surface area contributed by atoms with Crippen molar-refractivity contribution in [1.29, 1.82) is 0 Å². The normalized spacial score (nSPS) is 12.0. The van der Waals surface area contributed by atoms with E-state index in [1.807, 2.05) is 13.8 Å². The second-order valence-corrected chi connectivity index (χ2v) is 12.2. The summed E-state index contributed by atoms with van der Waals surface area (Å²) < 4.78 is 48.3. The molecule has 0 aliphatic heterocycles.